The van der Waals surface area contributed by atoms with E-state index in [4.69, 9.17) is 5.73 Å². The molecule has 3 nitrogen and oxygen atoms in total. The second-order valence-corrected chi connectivity index (χ2v) is 5.25. The number of anilines is 1. The first kappa shape index (κ1) is 12.3. The number of rotatable bonds is 5. The molecule has 1 amide bonds. The third-order valence-corrected chi connectivity index (χ3v) is 3.99. The molecule has 1 saturated carbocycles. The highest BCUT2D eigenvalue weighted by Crippen LogP contribution is 2.29. The predicted octanol–water partition coefficient (Wildman–Crippen LogP) is 2.37. The summed E-state index contributed by atoms with van der Waals surface area (Å²) in [5.41, 5.74) is 6.59. The topological polar surface area (TPSA) is 46.3 Å². The minimum atomic E-state index is 0.225. The summed E-state index contributed by atoms with van der Waals surface area (Å²) >= 11 is 1.53. The summed E-state index contributed by atoms with van der Waals surface area (Å²) in [6, 6.07) is 8.18. The van der Waals surface area contributed by atoms with Gasteiger partial charge in [0.1, 0.15) is 0 Å². The van der Waals surface area contributed by atoms with Crippen LogP contribution in [0.2, 0.25) is 0 Å². The van der Waals surface area contributed by atoms with E-state index in [9.17, 15) is 4.79 Å². The number of nitrogen functional groups attached to an aromatic ring is 1. The fourth-order valence-corrected chi connectivity index (χ4v) is 2.71. The van der Waals surface area contributed by atoms with E-state index in [2.05, 4.69) is 0 Å². The van der Waals surface area contributed by atoms with Crippen molar-refractivity contribution in [1.29, 1.82) is 0 Å². The number of carbonyl (C=O) groups excluding carboxylic acids is 1. The van der Waals surface area contributed by atoms with Gasteiger partial charge in [-0.2, -0.15) is 0 Å². The van der Waals surface area contributed by atoms with Gasteiger partial charge in [0.25, 0.3) is 0 Å². The number of amides is 1. The molecule has 1 aromatic rings. The van der Waals surface area contributed by atoms with E-state index in [1.807, 2.05) is 36.1 Å². The molecule has 0 spiro atoms. The lowest BCUT2D eigenvalue weighted by Gasteiger charge is -2.20. The number of para-hydroxylation sites is 1. The molecule has 1 fully saturated rings. The average Bonchev–Trinajstić information content (AvgIpc) is 3.13. The van der Waals surface area contributed by atoms with Crippen LogP contribution in [0.25, 0.3) is 0 Å². The number of hydrogen-bond donors (Lipinski definition) is 1. The summed E-state index contributed by atoms with van der Waals surface area (Å²) < 4.78 is 0. The molecule has 4 heteroatoms. The van der Waals surface area contributed by atoms with Gasteiger partial charge >= 0.3 is 0 Å². The van der Waals surface area contributed by atoms with Gasteiger partial charge in [0.2, 0.25) is 5.91 Å². The molecule has 1 aromatic carbocycles. The van der Waals surface area contributed by atoms with Crippen molar-refractivity contribution < 1.29 is 4.79 Å². The van der Waals surface area contributed by atoms with Crippen LogP contribution in [0.4, 0.5) is 5.69 Å². The van der Waals surface area contributed by atoms with Gasteiger partial charge in [-0.05, 0) is 31.9 Å². The van der Waals surface area contributed by atoms with Crippen LogP contribution in [0.15, 0.2) is 29.2 Å². The molecule has 92 valence electrons. The minimum absolute atomic E-state index is 0.225. The zero-order valence-electron chi connectivity index (χ0n) is 10.1. The Kier molecular flexibility index (Phi) is 3.94. The Labute approximate surface area is 106 Å². The standard InChI is InChI=1S/C13H18N2OS/c1-2-15(10-7-8-10)13(16)9-17-12-6-4-3-5-11(12)14/h3-6,10H,2,7-9,14H2,1H3. The van der Waals surface area contributed by atoms with Gasteiger partial charge in [-0.25, -0.2) is 0 Å². The molecular weight excluding hydrogens is 232 g/mol. The van der Waals surface area contributed by atoms with Crippen molar-refractivity contribution >= 4 is 23.4 Å². The van der Waals surface area contributed by atoms with Crippen LogP contribution in [0.5, 0.6) is 0 Å². The quantitative estimate of drug-likeness (QED) is 0.644. The smallest absolute Gasteiger partial charge is 0.233 e. The number of thioether (sulfide) groups is 1. The van der Waals surface area contributed by atoms with Crippen molar-refractivity contribution in [3.05, 3.63) is 24.3 Å². The predicted molar refractivity (Wildman–Crippen MR) is 72.0 cm³/mol. The normalized spacial score (nSPS) is 14.6. The number of nitrogens with zero attached hydrogens (tertiary/aromatic N) is 1. The highest BCUT2D eigenvalue weighted by Gasteiger charge is 2.31. The lowest BCUT2D eigenvalue weighted by atomic mass is 10.3. The van der Waals surface area contributed by atoms with Crippen LogP contribution in [-0.2, 0) is 4.79 Å². The second kappa shape index (κ2) is 5.45. The minimum Gasteiger partial charge on any atom is -0.398 e. The molecule has 1 aliphatic rings. The summed E-state index contributed by atoms with van der Waals surface area (Å²) in [6.07, 6.45) is 2.33. The van der Waals surface area contributed by atoms with Crippen molar-refractivity contribution in [2.45, 2.75) is 30.7 Å². The van der Waals surface area contributed by atoms with Gasteiger partial charge in [-0.3, -0.25) is 4.79 Å². The summed E-state index contributed by atoms with van der Waals surface area (Å²) in [4.78, 5) is 15.0. The van der Waals surface area contributed by atoms with E-state index in [1.165, 1.54) is 11.8 Å². The molecule has 0 heterocycles. The largest absolute Gasteiger partial charge is 0.398 e. The van der Waals surface area contributed by atoms with Crippen molar-refractivity contribution in [1.82, 2.24) is 4.90 Å². The van der Waals surface area contributed by atoms with Crippen molar-refractivity contribution in [2.75, 3.05) is 18.0 Å². The summed E-state index contributed by atoms with van der Waals surface area (Å²) in [6.45, 7) is 2.85. The first-order valence-corrected chi connectivity index (χ1v) is 6.97. The maximum Gasteiger partial charge on any atom is 0.233 e. The molecular formula is C13H18N2OS. The van der Waals surface area contributed by atoms with Gasteiger partial charge in [0.15, 0.2) is 0 Å². The first-order chi connectivity index (χ1) is 8.22. The molecule has 0 atom stereocenters. The zero-order valence-corrected chi connectivity index (χ0v) is 10.9. The third-order valence-electron chi connectivity index (χ3n) is 2.92. The van der Waals surface area contributed by atoms with E-state index >= 15 is 0 Å². The van der Waals surface area contributed by atoms with E-state index in [1.54, 1.807) is 0 Å². The third kappa shape index (κ3) is 3.16. The maximum atomic E-state index is 12.0. The molecule has 2 N–H and O–H groups in total. The number of carbonyl (C=O) groups is 1. The van der Waals surface area contributed by atoms with Crippen LogP contribution in [-0.4, -0.2) is 29.1 Å². The second-order valence-electron chi connectivity index (χ2n) is 4.24. The van der Waals surface area contributed by atoms with E-state index in [-0.39, 0.29) is 5.91 Å². The first-order valence-electron chi connectivity index (χ1n) is 5.99. The Hall–Kier alpha value is -1.16. The molecule has 17 heavy (non-hydrogen) atoms. The molecule has 0 aliphatic heterocycles. The van der Waals surface area contributed by atoms with Crippen LogP contribution < -0.4 is 5.73 Å². The van der Waals surface area contributed by atoms with Gasteiger partial charge in [0.05, 0.1) is 5.75 Å². The van der Waals surface area contributed by atoms with Crippen molar-refractivity contribution in [3.63, 3.8) is 0 Å². The Morgan fingerprint density at radius 3 is 2.76 bits per heavy atom. The summed E-state index contributed by atoms with van der Waals surface area (Å²) in [5.74, 6) is 0.710. The Bertz CT molecular complexity index is 404. The monoisotopic (exact) mass is 250 g/mol. The van der Waals surface area contributed by atoms with Crippen LogP contribution in [0.3, 0.4) is 0 Å². The summed E-state index contributed by atoms with van der Waals surface area (Å²) in [7, 11) is 0. The molecule has 0 saturated heterocycles. The van der Waals surface area contributed by atoms with Crippen LogP contribution in [0, 0.1) is 0 Å². The van der Waals surface area contributed by atoms with Crippen molar-refractivity contribution in [2.24, 2.45) is 0 Å². The molecule has 1 aliphatic carbocycles. The maximum absolute atomic E-state index is 12.0. The Morgan fingerprint density at radius 1 is 1.47 bits per heavy atom. The number of nitrogens with two attached hydrogens (primary N) is 1. The highest BCUT2D eigenvalue weighted by molar-refractivity contribution is 8.00. The van der Waals surface area contributed by atoms with E-state index in [0.717, 1.165) is 30.0 Å². The Balaban J connectivity index is 1.89. The number of hydrogen-bond acceptors (Lipinski definition) is 3. The van der Waals surface area contributed by atoms with Gasteiger partial charge in [-0.1, -0.05) is 12.1 Å². The lowest BCUT2D eigenvalue weighted by molar-refractivity contribution is -0.128. The van der Waals surface area contributed by atoms with E-state index < -0.39 is 0 Å². The van der Waals surface area contributed by atoms with E-state index in [0.29, 0.717) is 11.8 Å². The molecule has 2 rings (SSSR count). The van der Waals surface area contributed by atoms with Crippen LogP contribution >= 0.6 is 11.8 Å². The van der Waals surface area contributed by atoms with Gasteiger partial charge in [-0.15, -0.1) is 11.8 Å². The fourth-order valence-electron chi connectivity index (χ4n) is 1.86. The zero-order chi connectivity index (χ0) is 12.3. The van der Waals surface area contributed by atoms with Gasteiger partial charge < -0.3 is 10.6 Å². The molecule has 0 unspecified atom stereocenters. The number of benzene rings is 1. The molecule has 0 radical (unpaired) electrons. The summed E-state index contributed by atoms with van der Waals surface area (Å²) in [5, 5.41) is 0. The van der Waals surface area contributed by atoms with Gasteiger partial charge in [0, 0.05) is 23.2 Å². The average molecular weight is 250 g/mol. The SMILES string of the molecule is CCN(C(=O)CSc1ccccc1N)C1CC1. The lowest BCUT2D eigenvalue weighted by Crippen LogP contribution is -2.34. The molecule has 0 bridgehead atoms. The van der Waals surface area contributed by atoms with Crippen LogP contribution in [0.1, 0.15) is 19.8 Å². The fraction of sp³-hybridized carbons (Fsp3) is 0.462. The molecule has 0 aromatic heterocycles. The highest BCUT2D eigenvalue weighted by atomic mass is 32.2. The Morgan fingerprint density at radius 2 is 2.18 bits per heavy atom. The van der Waals surface area contributed by atoms with Crippen molar-refractivity contribution in [3.8, 4) is 0 Å².